The van der Waals surface area contributed by atoms with E-state index < -0.39 is 15.9 Å². The van der Waals surface area contributed by atoms with Gasteiger partial charge in [-0.3, -0.25) is 4.79 Å². The van der Waals surface area contributed by atoms with Crippen molar-refractivity contribution in [2.45, 2.75) is 4.90 Å². The molecular formula is C14H17N3O3S. The lowest BCUT2D eigenvalue weighted by atomic mass is 10.1. The van der Waals surface area contributed by atoms with Gasteiger partial charge in [0.05, 0.1) is 11.4 Å². The summed E-state index contributed by atoms with van der Waals surface area (Å²) in [7, 11) is -3.71. The van der Waals surface area contributed by atoms with Crippen LogP contribution in [0.1, 0.15) is 0 Å². The van der Waals surface area contributed by atoms with Crippen molar-refractivity contribution in [2.24, 2.45) is 5.73 Å². The molecule has 0 aliphatic heterocycles. The summed E-state index contributed by atoms with van der Waals surface area (Å²) in [6.45, 7) is 0.314. The van der Waals surface area contributed by atoms with Crippen molar-refractivity contribution in [2.75, 3.05) is 19.6 Å². The third kappa shape index (κ3) is 4.01. The number of sulfonamides is 1. The highest BCUT2D eigenvalue weighted by atomic mass is 32.2. The number of benzene rings is 2. The van der Waals surface area contributed by atoms with Gasteiger partial charge in [-0.2, -0.15) is 0 Å². The zero-order valence-electron chi connectivity index (χ0n) is 11.4. The van der Waals surface area contributed by atoms with Gasteiger partial charge in [0, 0.05) is 13.1 Å². The van der Waals surface area contributed by atoms with E-state index in [2.05, 4.69) is 10.0 Å². The molecule has 0 saturated carbocycles. The van der Waals surface area contributed by atoms with Crippen LogP contribution in [0.3, 0.4) is 0 Å². The van der Waals surface area contributed by atoms with Crippen molar-refractivity contribution in [3.05, 3.63) is 42.5 Å². The standard InChI is InChI=1S/C14H17N3O3S/c15-7-8-16-14(18)10-17-21(19,20)13-6-5-11-3-1-2-4-12(11)9-13/h1-6,9,17H,7-8,10,15H2,(H,16,18). The Morgan fingerprint density at radius 3 is 2.52 bits per heavy atom. The topological polar surface area (TPSA) is 101 Å². The Labute approximate surface area is 123 Å². The Balaban J connectivity index is 2.12. The molecule has 2 rings (SSSR count). The highest BCUT2D eigenvalue weighted by Crippen LogP contribution is 2.18. The monoisotopic (exact) mass is 307 g/mol. The molecule has 2 aromatic carbocycles. The Bertz CT molecular complexity index is 744. The van der Waals surface area contributed by atoms with Crippen LogP contribution in [-0.4, -0.2) is 34.0 Å². The summed E-state index contributed by atoms with van der Waals surface area (Å²) in [6.07, 6.45) is 0. The molecule has 1 amide bonds. The minimum absolute atomic E-state index is 0.132. The molecule has 6 nitrogen and oxygen atoms in total. The lowest BCUT2D eigenvalue weighted by molar-refractivity contribution is -0.119. The van der Waals surface area contributed by atoms with Crippen LogP contribution in [0, 0.1) is 0 Å². The molecule has 0 heterocycles. The Hall–Kier alpha value is -1.96. The van der Waals surface area contributed by atoms with E-state index in [1.165, 1.54) is 6.07 Å². The maximum absolute atomic E-state index is 12.1. The number of nitrogens with one attached hydrogen (secondary N) is 2. The van der Waals surface area contributed by atoms with Gasteiger partial charge in [-0.1, -0.05) is 30.3 Å². The molecule has 4 N–H and O–H groups in total. The third-order valence-electron chi connectivity index (χ3n) is 2.92. The quantitative estimate of drug-likeness (QED) is 0.709. The summed E-state index contributed by atoms with van der Waals surface area (Å²) in [5.41, 5.74) is 5.25. The van der Waals surface area contributed by atoms with Gasteiger partial charge in [0.1, 0.15) is 0 Å². The second-order valence-corrected chi connectivity index (χ2v) is 6.24. The first-order valence-electron chi connectivity index (χ1n) is 6.48. The number of nitrogens with two attached hydrogens (primary N) is 1. The molecule has 7 heteroatoms. The Morgan fingerprint density at radius 1 is 1.10 bits per heavy atom. The van der Waals surface area contributed by atoms with Crippen LogP contribution in [0.2, 0.25) is 0 Å². The number of hydrogen-bond acceptors (Lipinski definition) is 4. The molecule has 0 aliphatic rings. The SMILES string of the molecule is NCCNC(=O)CNS(=O)(=O)c1ccc2ccccc2c1. The van der Waals surface area contributed by atoms with Crippen LogP contribution < -0.4 is 15.8 Å². The van der Waals surface area contributed by atoms with Gasteiger partial charge in [0.25, 0.3) is 0 Å². The number of fused-ring (bicyclic) bond motifs is 1. The van der Waals surface area contributed by atoms with Crippen LogP contribution >= 0.6 is 0 Å². The highest BCUT2D eigenvalue weighted by molar-refractivity contribution is 7.89. The van der Waals surface area contributed by atoms with E-state index in [-0.39, 0.29) is 11.4 Å². The van der Waals surface area contributed by atoms with Crippen LogP contribution in [0.4, 0.5) is 0 Å². The first-order valence-corrected chi connectivity index (χ1v) is 7.96. The fourth-order valence-corrected chi connectivity index (χ4v) is 2.87. The summed E-state index contributed by atoms with van der Waals surface area (Å²) >= 11 is 0. The van der Waals surface area contributed by atoms with E-state index in [9.17, 15) is 13.2 Å². The predicted molar refractivity (Wildman–Crippen MR) is 81.2 cm³/mol. The second kappa shape index (κ2) is 6.66. The molecule has 0 aliphatic carbocycles. The molecule has 0 aromatic heterocycles. The minimum atomic E-state index is -3.71. The van der Waals surface area contributed by atoms with E-state index in [4.69, 9.17) is 5.73 Å². The van der Waals surface area contributed by atoms with Crippen molar-refractivity contribution >= 4 is 26.7 Å². The van der Waals surface area contributed by atoms with E-state index in [0.29, 0.717) is 13.1 Å². The lowest BCUT2D eigenvalue weighted by Crippen LogP contribution is -2.38. The summed E-state index contributed by atoms with van der Waals surface area (Å²) in [5, 5.41) is 4.28. The van der Waals surface area contributed by atoms with Gasteiger partial charge >= 0.3 is 0 Å². The number of amides is 1. The number of rotatable bonds is 6. The van der Waals surface area contributed by atoms with Gasteiger partial charge in [-0.15, -0.1) is 0 Å². The molecule has 0 saturated heterocycles. The molecule has 0 unspecified atom stereocenters. The normalized spacial score (nSPS) is 11.5. The van der Waals surface area contributed by atoms with Crippen LogP contribution in [0.5, 0.6) is 0 Å². The van der Waals surface area contributed by atoms with E-state index in [1.54, 1.807) is 12.1 Å². The average Bonchev–Trinajstić information content (AvgIpc) is 2.50. The van der Waals surface area contributed by atoms with Crippen molar-refractivity contribution in [1.29, 1.82) is 0 Å². The molecule has 21 heavy (non-hydrogen) atoms. The maximum Gasteiger partial charge on any atom is 0.241 e. The van der Waals surface area contributed by atoms with Crippen molar-refractivity contribution in [1.82, 2.24) is 10.0 Å². The fourth-order valence-electron chi connectivity index (χ4n) is 1.85. The molecule has 0 bridgehead atoms. The molecule has 0 fully saturated rings. The van der Waals surface area contributed by atoms with Crippen molar-refractivity contribution < 1.29 is 13.2 Å². The van der Waals surface area contributed by atoms with E-state index in [1.807, 2.05) is 24.3 Å². The molecule has 112 valence electrons. The maximum atomic E-state index is 12.1. The molecule has 0 radical (unpaired) electrons. The van der Waals surface area contributed by atoms with E-state index in [0.717, 1.165) is 10.8 Å². The zero-order valence-corrected chi connectivity index (χ0v) is 12.2. The van der Waals surface area contributed by atoms with E-state index >= 15 is 0 Å². The zero-order chi connectivity index (χ0) is 15.3. The predicted octanol–water partition coefficient (Wildman–Crippen LogP) is 0.193. The van der Waals surface area contributed by atoms with Gasteiger partial charge in [0.15, 0.2) is 0 Å². The van der Waals surface area contributed by atoms with Gasteiger partial charge < -0.3 is 11.1 Å². The van der Waals surface area contributed by atoms with Crippen LogP contribution in [-0.2, 0) is 14.8 Å². The Kier molecular flexibility index (Phi) is 4.89. The number of hydrogen-bond donors (Lipinski definition) is 3. The van der Waals surface area contributed by atoms with Gasteiger partial charge in [0.2, 0.25) is 15.9 Å². The molecule has 0 spiro atoms. The Morgan fingerprint density at radius 2 is 1.81 bits per heavy atom. The fraction of sp³-hybridized carbons (Fsp3) is 0.214. The van der Waals surface area contributed by atoms with Gasteiger partial charge in [-0.25, -0.2) is 13.1 Å². The van der Waals surface area contributed by atoms with Crippen molar-refractivity contribution in [3.8, 4) is 0 Å². The summed E-state index contributed by atoms with van der Waals surface area (Å²) < 4.78 is 26.5. The van der Waals surface area contributed by atoms with Crippen molar-refractivity contribution in [3.63, 3.8) is 0 Å². The molecule has 2 aromatic rings. The first-order chi connectivity index (χ1) is 10.0. The first kappa shape index (κ1) is 15.4. The average molecular weight is 307 g/mol. The largest absolute Gasteiger partial charge is 0.354 e. The smallest absolute Gasteiger partial charge is 0.241 e. The van der Waals surface area contributed by atoms with Crippen LogP contribution in [0.25, 0.3) is 10.8 Å². The lowest BCUT2D eigenvalue weighted by Gasteiger charge is -2.08. The minimum Gasteiger partial charge on any atom is -0.354 e. The molecule has 0 atom stereocenters. The van der Waals surface area contributed by atoms with Gasteiger partial charge in [-0.05, 0) is 22.9 Å². The second-order valence-electron chi connectivity index (χ2n) is 4.47. The number of carbonyl (C=O) groups is 1. The third-order valence-corrected chi connectivity index (χ3v) is 4.32. The number of carbonyl (C=O) groups excluding carboxylic acids is 1. The highest BCUT2D eigenvalue weighted by Gasteiger charge is 2.15. The molecular weight excluding hydrogens is 290 g/mol. The summed E-state index contributed by atoms with van der Waals surface area (Å²) in [6, 6.07) is 12.3. The van der Waals surface area contributed by atoms with Crippen LogP contribution in [0.15, 0.2) is 47.4 Å². The summed E-state index contributed by atoms with van der Waals surface area (Å²) in [4.78, 5) is 11.5. The summed E-state index contributed by atoms with van der Waals surface area (Å²) in [5.74, 6) is -0.412.